The van der Waals surface area contributed by atoms with Gasteiger partial charge in [0.15, 0.2) is 5.96 Å². The van der Waals surface area contributed by atoms with Crippen LogP contribution < -0.4 is 20.3 Å². The van der Waals surface area contributed by atoms with Crippen LogP contribution in [0.15, 0.2) is 41.7 Å². The molecule has 142 valence electrons. The van der Waals surface area contributed by atoms with Crippen molar-refractivity contribution in [2.24, 2.45) is 12.0 Å². The number of aryl methyl sites for hydroxylation is 1. The molecule has 0 spiro atoms. The Labute approximate surface area is 171 Å². The first-order chi connectivity index (χ1) is 12.2. The number of hydrogen-bond acceptors (Lipinski definition) is 4. The Morgan fingerprint density at radius 2 is 2.19 bits per heavy atom. The number of aromatic nitrogens is 2. The molecule has 0 bridgehead atoms. The summed E-state index contributed by atoms with van der Waals surface area (Å²) in [4.78, 5) is 11.0. The second-order valence-electron chi connectivity index (χ2n) is 6.13. The van der Waals surface area contributed by atoms with Crippen molar-refractivity contribution in [1.82, 2.24) is 20.2 Å². The van der Waals surface area contributed by atoms with Gasteiger partial charge < -0.3 is 24.8 Å². The van der Waals surface area contributed by atoms with E-state index in [4.69, 9.17) is 4.74 Å². The van der Waals surface area contributed by atoms with Crippen LogP contribution >= 0.6 is 24.0 Å². The molecule has 2 N–H and O–H groups in total. The van der Waals surface area contributed by atoms with Gasteiger partial charge in [-0.3, -0.25) is 4.99 Å². The maximum absolute atomic E-state index is 5.48. The highest BCUT2D eigenvalue weighted by Gasteiger charge is 2.25. The third-order valence-electron chi connectivity index (χ3n) is 4.51. The van der Waals surface area contributed by atoms with E-state index in [-0.39, 0.29) is 24.0 Å². The van der Waals surface area contributed by atoms with E-state index in [0.717, 1.165) is 42.7 Å². The van der Waals surface area contributed by atoms with Crippen LogP contribution in [0.3, 0.4) is 0 Å². The Hall–Kier alpha value is -1.97. The monoisotopic (exact) mass is 470 g/mol. The van der Waals surface area contributed by atoms with Crippen LogP contribution in [-0.4, -0.2) is 48.8 Å². The molecule has 1 atom stereocenters. The van der Waals surface area contributed by atoms with Crippen molar-refractivity contribution < 1.29 is 4.74 Å². The van der Waals surface area contributed by atoms with E-state index in [9.17, 15) is 0 Å². The number of nitrogens with one attached hydrogen (secondary N) is 2. The summed E-state index contributed by atoms with van der Waals surface area (Å²) in [6, 6.07) is 8.50. The number of guanidine groups is 1. The molecule has 1 saturated heterocycles. The smallest absolute Gasteiger partial charge is 0.191 e. The van der Waals surface area contributed by atoms with Gasteiger partial charge in [-0.1, -0.05) is 12.1 Å². The van der Waals surface area contributed by atoms with Crippen molar-refractivity contribution in [1.29, 1.82) is 0 Å². The highest BCUT2D eigenvalue weighted by Crippen LogP contribution is 2.30. The number of rotatable bonds is 5. The molecule has 26 heavy (non-hydrogen) atoms. The van der Waals surface area contributed by atoms with Gasteiger partial charge in [-0.2, -0.15) is 0 Å². The maximum atomic E-state index is 5.48. The topological polar surface area (TPSA) is 66.7 Å². The van der Waals surface area contributed by atoms with Crippen LogP contribution in [0.2, 0.25) is 0 Å². The number of nitrogens with zero attached hydrogens (tertiary/aromatic N) is 4. The Balaban J connectivity index is 0.00000243. The van der Waals surface area contributed by atoms with Crippen molar-refractivity contribution >= 4 is 35.6 Å². The van der Waals surface area contributed by atoms with Crippen molar-refractivity contribution in [2.75, 3.05) is 32.1 Å². The third-order valence-corrected chi connectivity index (χ3v) is 4.51. The Kier molecular flexibility index (Phi) is 7.55. The van der Waals surface area contributed by atoms with E-state index >= 15 is 0 Å². The zero-order chi connectivity index (χ0) is 17.6. The molecule has 0 aliphatic carbocycles. The second-order valence-corrected chi connectivity index (χ2v) is 6.13. The molecule has 8 heteroatoms. The number of methoxy groups -OCH3 is 1. The first kappa shape index (κ1) is 20.3. The molecule has 7 nitrogen and oxygen atoms in total. The molecule has 1 aromatic carbocycles. The molecular formula is C18H27IN6O. The number of anilines is 1. The van der Waals surface area contributed by atoms with Gasteiger partial charge in [0.25, 0.3) is 0 Å². The fraction of sp³-hybridized carbons (Fsp3) is 0.444. The quantitative estimate of drug-likeness (QED) is 0.398. The van der Waals surface area contributed by atoms with Gasteiger partial charge in [-0.15, -0.1) is 24.0 Å². The van der Waals surface area contributed by atoms with Crippen molar-refractivity contribution in [3.05, 3.63) is 42.5 Å². The van der Waals surface area contributed by atoms with Crippen LogP contribution in [0, 0.1) is 0 Å². The minimum absolute atomic E-state index is 0. The average Bonchev–Trinajstić information content (AvgIpc) is 3.27. The van der Waals surface area contributed by atoms with Crippen LogP contribution in [0.25, 0.3) is 0 Å². The van der Waals surface area contributed by atoms with Crippen molar-refractivity contribution in [3.63, 3.8) is 0 Å². The van der Waals surface area contributed by atoms with Gasteiger partial charge in [0.2, 0.25) is 0 Å². The molecule has 1 fully saturated rings. The zero-order valence-corrected chi connectivity index (χ0v) is 17.8. The van der Waals surface area contributed by atoms with Gasteiger partial charge >= 0.3 is 0 Å². The van der Waals surface area contributed by atoms with Crippen molar-refractivity contribution in [2.45, 2.75) is 19.0 Å². The molecule has 2 heterocycles. The molecule has 3 rings (SSSR count). The summed E-state index contributed by atoms with van der Waals surface area (Å²) in [5.74, 6) is 2.69. The lowest BCUT2D eigenvalue weighted by atomic mass is 10.2. The zero-order valence-electron chi connectivity index (χ0n) is 15.5. The number of halogens is 1. The van der Waals surface area contributed by atoms with Crippen LogP contribution in [0.4, 0.5) is 5.69 Å². The highest BCUT2D eigenvalue weighted by atomic mass is 127. The molecule has 0 radical (unpaired) electrons. The van der Waals surface area contributed by atoms with Gasteiger partial charge in [-0.05, 0) is 18.6 Å². The summed E-state index contributed by atoms with van der Waals surface area (Å²) in [6.07, 6.45) is 4.80. The van der Waals surface area contributed by atoms with E-state index in [2.05, 4.69) is 31.6 Å². The SMILES string of the molecule is CN=C(NCc1nccn1C)NC1CCN(c2ccccc2OC)C1.I. The fourth-order valence-corrected chi connectivity index (χ4v) is 3.11. The van der Waals surface area contributed by atoms with Gasteiger partial charge in [0.05, 0.1) is 19.3 Å². The number of ether oxygens (including phenoxy) is 1. The Morgan fingerprint density at radius 3 is 2.88 bits per heavy atom. The van der Waals surface area contributed by atoms with Crippen LogP contribution in [0.5, 0.6) is 5.75 Å². The predicted octanol–water partition coefficient (Wildman–Crippen LogP) is 1.99. The third kappa shape index (κ3) is 4.80. The lowest BCUT2D eigenvalue weighted by Gasteiger charge is -2.22. The molecule has 1 aromatic heterocycles. The lowest BCUT2D eigenvalue weighted by molar-refractivity contribution is 0.415. The summed E-state index contributed by atoms with van der Waals surface area (Å²) in [5.41, 5.74) is 1.14. The average molecular weight is 470 g/mol. The second kappa shape index (κ2) is 9.65. The summed E-state index contributed by atoms with van der Waals surface area (Å²) in [5, 5.41) is 6.83. The summed E-state index contributed by atoms with van der Waals surface area (Å²) in [6.45, 7) is 2.56. The fourth-order valence-electron chi connectivity index (χ4n) is 3.11. The first-order valence-electron chi connectivity index (χ1n) is 8.52. The molecule has 1 aliphatic rings. The van der Waals surface area contributed by atoms with E-state index in [1.54, 1.807) is 20.4 Å². The molecule has 2 aromatic rings. The maximum Gasteiger partial charge on any atom is 0.191 e. The van der Waals surface area contributed by atoms with E-state index in [0.29, 0.717) is 12.6 Å². The number of benzene rings is 1. The number of imidazole rings is 1. The predicted molar refractivity (Wildman–Crippen MR) is 116 cm³/mol. The molecule has 1 unspecified atom stereocenters. The molecule has 0 amide bonds. The van der Waals surface area contributed by atoms with Gasteiger partial charge in [0.1, 0.15) is 11.6 Å². The molecule has 0 saturated carbocycles. The number of aliphatic imine (C=N–C) groups is 1. The van der Waals surface area contributed by atoms with E-state index in [1.807, 2.05) is 36.0 Å². The Morgan fingerprint density at radius 1 is 1.38 bits per heavy atom. The Bertz CT molecular complexity index is 732. The summed E-state index contributed by atoms with van der Waals surface area (Å²) >= 11 is 0. The molecule has 1 aliphatic heterocycles. The van der Waals surface area contributed by atoms with Gasteiger partial charge in [-0.25, -0.2) is 4.98 Å². The minimum Gasteiger partial charge on any atom is -0.495 e. The summed E-state index contributed by atoms with van der Waals surface area (Å²) in [7, 11) is 5.50. The molecular weight excluding hydrogens is 443 g/mol. The normalized spacial score (nSPS) is 17.0. The van der Waals surface area contributed by atoms with E-state index in [1.165, 1.54) is 0 Å². The van der Waals surface area contributed by atoms with Crippen molar-refractivity contribution in [3.8, 4) is 5.75 Å². The van der Waals surface area contributed by atoms with Gasteiger partial charge in [0, 0.05) is 45.6 Å². The highest BCUT2D eigenvalue weighted by molar-refractivity contribution is 14.0. The first-order valence-corrected chi connectivity index (χ1v) is 8.52. The number of para-hydroxylation sites is 2. The summed E-state index contributed by atoms with van der Waals surface area (Å²) < 4.78 is 7.48. The lowest BCUT2D eigenvalue weighted by Crippen LogP contribution is -2.44. The minimum atomic E-state index is 0. The standard InChI is InChI=1S/C18H26N6O.HI/c1-19-18(21-12-17-20-9-11-23(17)2)22-14-8-10-24(13-14)15-6-4-5-7-16(15)25-3;/h4-7,9,11,14H,8,10,12-13H2,1-3H3,(H2,19,21,22);1H. The van der Waals surface area contributed by atoms with Crippen LogP contribution in [0.1, 0.15) is 12.2 Å². The number of hydrogen-bond donors (Lipinski definition) is 2. The van der Waals surface area contributed by atoms with Crippen LogP contribution in [-0.2, 0) is 13.6 Å². The van der Waals surface area contributed by atoms with E-state index < -0.39 is 0 Å². The largest absolute Gasteiger partial charge is 0.495 e.